The first-order valence-electron chi connectivity index (χ1n) is 17.0. The number of carbonyl (C=O) groups excluding carboxylic acids is 3. The lowest BCUT2D eigenvalue weighted by Gasteiger charge is -2.31. The molecule has 2 unspecified atom stereocenters. The zero-order valence-corrected chi connectivity index (χ0v) is 28.7. The van der Waals surface area contributed by atoms with E-state index >= 15 is 0 Å². The van der Waals surface area contributed by atoms with Gasteiger partial charge in [-0.2, -0.15) is 0 Å². The van der Waals surface area contributed by atoms with Crippen molar-refractivity contribution in [3.05, 3.63) is 12.2 Å². The van der Waals surface area contributed by atoms with Gasteiger partial charge < -0.3 is 25.6 Å². The molecule has 0 heterocycles. The van der Waals surface area contributed by atoms with Gasteiger partial charge in [-0.15, -0.1) is 0 Å². The van der Waals surface area contributed by atoms with E-state index in [0.717, 1.165) is 25.7 Å². The molecule has 0 aliphatic rings. The van der Waals surface area contributed by atoms with Gasteiger partial charge in [0, 0.05) is 24.4 Å². The van der Waals surface area contributed by atoms with Crippen LogP contribution in [0.2, 0.25) is 0 Å². The number of aliphatic hydroxyl groups excluding tert-OH is 1. The van der Waals surface area contributed by atoms with Gasteiger partial charge in [0.1, 0.15) is 6.10 Å². The number of nitrogens with one attached hydrogen (secondary N) is 2. The molecule has 44 heavy (non-hydrogen) atoms. The highest BCUT2D eigenvalue weighted by Gasteiger charge is 2.37. The second-order valence-electron chi connectivity index (χ2n) is 13.8. The van der Waals surface area contributed by atoms with E-state index in [1.165, 1.54) is 57.8 Å². The maximum absolute atomic E-state index is 12.7. The van der Waals surface area contributed by atoms with Crippen molar-refractivity contribution in [3.63, 3.8) is 0 Å². The Bertz CT molecular complexity index is 849. The third-order valence-corrected chi connectivity index (χ3v) is 7.66. The Morgan fingerprint density at radius 3 is 1.89 bits per heavy atom. The third-order valence-electron chi connectivity index (χ3n) is 7.66. The number of aliphatic carboxylic acids is 1. The van der Waals surface area contributed by atoms with Crippen molar-refractivity contribution in [2.45, 2.75) is 163 Å². The molecule has 0 aromatic heterocycles. The Kier molecular flexibility index (Phi) is 22.6. The van der Waals surface area contributed by atoms with Gasteiger partial charge in [0.15, 0.2) is 0 Å². The lowest BCUT2D eigenvalue weighted by Crippen LogP contribution is -2.50. The van der Waals surface area contributed by atoms with Crippen LogP contribution >= 0.6 is 0 Å². The number of allylic oxidation sites excluding steroid dienone is 2. The topological polar surface area (TPSA) is 142 Å². The van der Waals surface area contributed by atoms with Crippen molar-refractivity contribution in [2.75, 3.05) is 13.2 Å². The molecule has 2 atom stereocenters. The van der Waals surface area contributed by atoms with E-state index < -0.39 is 40.8 Å². The van der Waals surface area contributed by atoms with Crippen molar-refractivity contribution in [2.24, 2.45) is 10.8 Å². The van der Waals surface area contributed by atoms with Crippen LogP contribution in [-0.2, 0) is 23.9 Å². The second-order valence-corrected chi connectivity index (χ2v) is 13.8. The number of carboxylic acids is 1. The van der Waals surface area contributed by atoms with Crippen molar-refractivity contribution >= 4 is 23.8 Å². The molecule has 0 aliphatic carbocycles. The summed E-state index contributed by atoms with van der Waals surface area (Å²) >= 11 is 0. The molecule has 256 valence electrons. The van der Waals surface area contributed by atoms with Gasteiger partial charge in [-0.05, 0) is 65.7 Å². The third kappa shape index (κ3) is 22.1. The first-order valence-corrected chi connectivity index (χ1v) is 17.0. The molecule has 0 fully saturated rings. The molecule has 0 radical (unpaired) electrons. The quantitative estimate of drug-likeness (QED) is 0.0468. The van der Waals surface area contributed by atoms with Gasteiger partial charge in [0.25, 0.3) is 0 Å². The number of carboxylic acid groups (broad SMARTS) is 1. The molecule has 2 amide bonds. The highest BCUT2D eigenvalue weighted by atomic mass is 16.5. The van der Waals surface area contributed by atoms with Crippen molar-refractivity contribution in [1.82, 2.24) is 10.6 Å². The van der Waals surface area contributed by atoms with E-state index in [-0.39, 0.29) is 18.9 Å². The highest BCUT2D eigenvalue weighted by molar-refractivity contribution is 5.82. The maximum atomic E-state index is 12.7. The molecule has 0 bridgehead atoms. The number of ether oxygens (including phenoxy) is 1. The average Bonchev–Trinajstić information content (AvgIpc) is 2.94. The molecule has 0 saturated heterocycles. The fourth-order valence-corrected chi connectivity index (χ4v) is 4.64. The van der Waals surface area contributed by atoms with E-state index in [1.807, 2.05) is 0 Å². The molecule has 0 aromatic carbocycles. The number of rotatable bonds is 26. The smallest absolute Gasteiger partial charge is 0.311 e. The zero-order valence-electron chi connectivity index (χ0n) is 28.7. The van der Waals surface area contributed by atoms with E-state index in [2.05, 4.69) is 29.7 Å². The van der Waals surface area contributed by atoms with Crippen LogP contribution in [0.3, 0.4) is 0 Å². The number of unbranched alkanes of at least 4 members (excludes halogenated alkanes) is 11. The summed E-state index contributed by atoms with van der Waals surface area (Å²) in [6, 6.07) is -0.704. The number of hydrogen-bond donors (Lipinski definition) is 4. The van der Waals surface area contributed by atoms with Crippen LogP contribution in [0.15, 0.2) is 12.2 Å². The fraction of sp³-hybridized carbons (Fsp3) is 0.829. The van der Waals surface area contributed by atoms with Gasteiger partial charge in [-0.1, -0.05) is 84.3 Å². The Labute approximate surface area is 267 Å². The monoisotopic (exact) mass is 624 g/mol. The van der Waals surface area contributed by atoms with E-state index in [4.69, 9.17) is 4.74 Å². The number of esters is 1. The summed E-state index contributed by atoms with van der Waals surface area (Å²) in [5.74, 6) is -2.26. The predicted molar refractivity (Wildman–Crippen MR) is 176 cm³/mol. The molecule has 9 nitrogen and oxygen atoms in total. The summed E-state index contributed by atoms with van der Waals surface area (Å²) in [5.41, 5.74) is -1.79. The summed E-state index contributed by atoms with van der Waals surface area (Å²) in [6.07, 6.45) is 19.8. The van der Waals surface area contributed by atoms with E-state index in [0.29, 0.717) is 25.8 Å². The number of aliphatic hydroxyl groups is 1. The Hall–Kier alpha value is -2.42. The van der Waals surface area contributed by atoms with Crippen LogP contribution in [0.25, 0.3) is 0 Å². The minimum absolute atomic E-state index is 0.0246. The van der Waals surface area contributed by atoms with Gasteiger partial charge in [0.2, 0.25) is 11.8 Å². The molecule has 4 N–H and O–H groups in total. The molecular formula is C35H64N2O7. The van der Waals surface area contributed by atoms with Gasteiger partial charge in [0.05, 0.1) is 18.4 Å². The van der Waals surface area contributed by atoms with Crippen LogP contribution in [-0.4, -0.2) is 59.3 Å². The van der Waals surface area contributed by atoms with Crippen molar-refractivity contribution in [3.8, 4) is 0 Å². The zero-order chi connectivity index (χ0) is 33.4. The lowest BCUT2D eigenvalue weighted by atomic mass is 9.86. The van der Waals surface area contributed by atoms with Crippen LogP contribution in [0, 0.1) is 10.8 Å². The number of carbonyl (C=O) groups is 4. The van der Waals surface area contributed by atoms with E-state index in [9.17, 15) is 29.4 Å². The Balaban J connectivity index is 4.16. The summed E-state index contributed by atoms with van der Waals surface area (Å²) < 4.78 is 5.28. The molecule has 0 spiro atoms. The molecule has 0 rings (SSSR count). The highest BCUT2D eigenvalue weighted by Crippen LogP contribution is 2.24. The van der Waals surface area contributed by atoms with Crippen LogP contribution in [0.1, 0.15) is 151 Å². The molecule has 9 heteroatoms. The van der Waals surface area contributed by atoms with Crippen LogP contribution in [0.5, 0.6) is 0 Å². The minimum Gasteiger partial charge on any atom is -0.481 e. The fourth-order valence-electron chi connectivity index (χ4n) is 4.64. The molecule has 0 aliphatic heterocycles. The van der Waals surface area contributed by atoms with E-state index in [1.54, 1.807) is 34.6 Å². The van der Waals surface area contributed by atoms with Crippen LogP contribution < -0.4 is 10.6 Å². The summed E-state index contributed by atoms with van der Waals surface area (Å²) in [7, 11) is 0. The average molecular weight is 625 g/mol. The minimum atomic E-state index is -1.50. The number of amides is 2. The summed E-state index contributed by atoms with van der Waals surface area (Å²) in [6.45, 7) is 10.8. The van der Waals surface area contributed by atoms with Gasteiger partial charge >= 0.3 is 11.9 Å². The largest absolute Gasteiger partial charge is 0.481 e. The van der Waals surface area contributed by atoms with Gasteiger partial charge in [-0.25, -0.2) is 0 Å². The maximum Gasteiger partial charge on any atom is 0.311 e. The molecule has 0 aromatic rings. The van der Waals surface area contributed by atoms with Crippen LogP contribution in [0.4, 0.5) is 0 Å². The second kappa shape index (κ2) is 23.9. The van der Waals surface area contributed by atoms with Crippen molar-refractivity contribution < 1.29 is 34.1 Å². The Morgan fingerprint density at radius 2 is 1.34 bits per heavy atom. The first-order chi connectivity index (χ1) is 20.7. The summed E-state index contributed by atoms with van der Waals surface area (Å²) in [4.78, 5) is 48.3. The first kappa shape index (κ1) is 41.6. The lowest BCUT2D eigenvalue weighted by molar-refractivity contribution is -0.161. The van der Waals surface area contributed by atoms with Crippen molar-refractivity contribution in [1.29, 1.82) is 0 Å². The number of hydrogen-bond acceptors (Lipinski definition) is 6. The Morgan fingerprint density at radius 1 is 0.795 bits per heavy atom. The SMILES string of the molecule is CCCCCCCCC=CCCCCCCCC(=O)NCCCC(CC(=O)O)NC(=O)C(O)C(C)(C)COC(=O)C(C)(C)C. The molecular weight excluding hydrogens is 560 g/mol. The predicted octanol–water partition coefficient (Wildman–Crippen LogP) is 6.86. The summed E-state index contributed by atoms with van der Waals surface area (Å²) in [5, 5.41) is 25.4. The normalized spacial score (nSPS) is 13.4. The molecule has 0 saturated carbocycles. The standard InChI is InChI=1S/C35H64N2O7/c1-7-8-9-10-11-12-13-14-15-16-17-18-19-20-21-24-29(38)36-25-22-23-28(26-30(39)40)37-32(42)31(41)35(5,6)27-44-33(43)34(2,3)4/h14-15,28,31,41H,7-13,16-27H2,1-6H3,(H,36,38)(H,37,42)(H,39,40). The van der Waals surface area contributed by atoms with Gasteiger partial charge in [-0.3, -0.25) is 19.2 Å².